The molecule has 1 fully saturated rings. The maximum Gasteiger partial charge on any atom is 0.188 e. The normalized spacial score (nSPS) is 20.8. The Labute approximate surface area is 143 Å². The van der Waals surface area contributed by atoms with Crippen LogP contribution in [-0.4, -0.2) is 48.4 Å². The SMILES string of the molecule is COc1ccc(C(O)(C(=O)CN2CCN=C2C)C2CCCC2)cc1. The molecular weight excluding hydrogens is 304 g/mol. The predicted molar refractivity (Wildman–Crippen MR) is 93.4 cm³/mol. The summed E-state index contributed by atoms with van der Waals surface area (Å²) in [6.07, 6.45) is 3.92. The Hall–Kier alpha value is -1.88. The molecule has 5 nitrogen and oxygen atoms in total. The molecule has 1 N–H and O–H groups in total. The highest BCUT2D eigenvalue weighted by Crippen LogP contribution is 2.41. The van der Waals surface area contributed by atoms with Crippen LogP contribution in [-0.2, 0) is 10.4 Å². The zero-order valence-corrected chi connectivity index (χ0v) is 14.5. The zero-order chi connectivity index (χ0) is 17.2. The molecule has 1 aromatic rings. The smallest absolute Gasteiger partial charge is 0.188 e. The van der Waals surface area contributed by atoms with E-state index in [-0.39, 0.29) is 18.2 Å². The van der Waals surface area contributed by atoms with Crippen molar-refractivity contribution in [3.63, 3.8) is 0 Å². The van der Waals surface area contributed by atoms with Gasteiger partial charge in [-0.3, -0.25) is 9.79 Å². The van der Waals surface area contributed by atoms with Gasteiger partial charge in [0.25, 0.3) is 0 Å². The Kier molecular flexibility index (Phi) is 4.90. The number of hydrogen-bond acceptors (Lipinski definition) is 5. The minimum absolute atomic E-state index is 0.0155. The molecule has 1 aromatic carbocycles. The molecule has 1 heterocycles. The number of hydrogen-bond donors (Lipinski definition) is 1. The summed E-state index contributed by atoms with van der Waals surface area (Å²) in [5.74, 6) is 1.46. The second-order valence-corrected chi connectivity index (χ2v) is 6.75. The van der Waals surface area contributed by atoms with Crippen molar-refractivity contribution in [3.8, 4) is 5.75 Å². The van der Waals surface area contributed by atoms with Gasteiger partial charge in [-0.2, -0.15) is 0 Å². The van der Waals surface area contributed by atoms with Gasteiger partial charge in [0.05, 0.1) is 26.0 Å². The molecule has 0 saturated heterocycles. The van der Waals surface area contributed by atoms with Gasteiger partial charge in [-0.05, 0) is 43.4 Å². The molecule has 0 radical (unpaired) electrons. The molecule has 0 amide bonds. The lowest BCUT2D eigenvalue weighted by atomic mass is 9.76. The van der Waals surface area contributed by atoms with Crippen LogP contribution in [0.2, 0.25) is 0 Å². The number of Topliss-reactive ketones (excluding diaryl/α,β-unsaturated/α-hetero) is 1. The van der Waals surface area contributed by atoms with Crippen LogP contribution in [0.1, 0.15) is 38.2 Å². The average molecular weight is 330 g/mol. The summed E-state index contributed by atoms with van der Waals surface area (Å²) < 4.78 is 5.20. The number of carbonyl (C=O) groups is 1. The van der Waals surface area contributed by atoms with Crippen LogP contribution in [0.5, 0.6) is 5.75 Å². The highest BCUT2D eigenvalue weighted by Gasteiger charge is 2.46. The van der Waals surface area contributed by atoms with E-state index in [1.807, 2.05) is 36.1 Å². The van der Waals surface area contributed by atoms with Crippen molar-refractivity contribution >= 4 is 11.6 Å². The van der Waals surface area contributed by atoms with E-state index in [1.54, 1.807) is 7.11 Å². The van der Waals surface area contributed by atoms with E-state index < -0.39 is 5.60 Å². The van der Waals surface area contributed by atoms with Crippen molar-refractivity contribution in [2.75, 3.05) is 26.7 Å². The van der Waals surface area contributed by atoms with Crippen LogP contribution in [0.3, 0.4) is 0 Å². The number of benzene rings is 1. The van der Waals surface area contributed by atoms with Crippen molar-refractivity contribution in [2.24, 2.45) is 10.9 Å². The number of nitrogens with zero attached hydrogens (tertiary/aromatic N) is 2. The second kappa shape index (κ2) is 6.93. The van der Waals surface area contributed by atoms with Gasteiger partial charge in [-0.1, -0.05) is 25.0 Å². The number of aliphatic hydroxyl groups is 1. The zero-order valence-electron chi connectivity index (χ0n) is 14.5. The van der Waals surface area contributed by atoms with Gasteiger partial charge in [0.2, 0.25) is 0 Å². The topological polar surface area (TPSA) is 62.1 Å². The molecule has 1 aliphatic carbocycles. The first-order chi connectivity index (χ1) is 11.6. The van der Waals surface area contributed by atoms with E-state index in [2.05, 4.69) is 4.99 Å². The number of rotatable bonds is 6. The highest BCUT2D eigenvalue weighted by molar-refractivity contribution is 5.94. The van der Waals surface area contributed by atoms with Gasteiger partial charge in [-0.25, -0.2) is 0 Å². The number of carbonyl (C=O) groups excluding carboxylic acids is 1. The third kappa shape index (κ3) is 3.05. The molecule has 1 saturated carbocycles. The molecule has 1 atom stereocenters. The molecular formula is C19H26N2O3. The second-order valence-electron chi connectivity index (χ2n) is 6.75. The minimum atomic E-state index is -1.42. The quantitative estimate of drug-likeness (QED) is 0.870. The molecule has 0 bridgehead atoms. The Bertz CT molecular complexity index is 620. The Morgan fingerprint density at radius 1 is 1.33 bits per heavy atom. The predicted octanol–water partition coefficient (Wildman–Crippen LogP) is 2.38. The lowest BCUT2D eigenvalue weighted by Crippen LogP contribution is -2.48. The number of aliphatic imine (C=N–C) groups is 1. The van der Waals surface area contributed by atoms with Crippen molar-refractivity contribution in [3.05, 3.63) is 29.8 Å². The monoisotopic (exact) mass is 330 g/mol. The first-order valence-electron chi connectivity index (χ1n) is 8.72. The molecule has 2 aliphatic rings. The van der Waals surface area contributed by atoms with Gasteiger partial charge in [0, 0.05) is 6.54 Å². The fourth-order valence-corrected chi connectivity index (χ4v) is 3.89. The van der Waals surface area contributed by atoms with Crippen LogP contribution in [0, 0.1) is 5.92 Å². The molecule has 5 heteroatoms. The number of ketones is 1. The summed E-state index contributed by atoms with van der Waals surface area (Å²) >= 11 is 0. The number of amidine groups is 1. The molecule has 1 unspecified atom stereocenters. The first kappa shape index (κ1) is 17.0. The minimum Gasteiger partial charge on any atom is -0.497 e. The fourth-order valence-electron chi connectivity index (χ4n) is 3.89. The molecule has 130 valence electrons. The van der Waals surface area contributed by atoms with Gasteiger partial charge in [0.15, 0.2) is 11.4 Å². The molecule has 0 aromatic heterocycles. The third-order valence-electron chi connectivity index (χ3n) is 5.40. The third-order valence-corrected chi connectivity index (χ3v) is 5.40. The van der Waals surface area contributed by atoms with Crippen LogP contribution in [0.15, 0.2) is 29.3 Å². The van der Waals surface area contributed by atoms with Gasteiger partial charge in [-0.15, -0.1) is 0 Å². The van der Waals surface area contributed by atoms with Crippen LogP contribution in [0.4, 0.5) is 0 Å². The van der Waals surface area contributed by atoms with Crippen LogP contribution >= 0.6 is 0 Å². The fraction of sp³-hybridized carbons (Fsp3) is 0.579. The van der Waals surface area contributed by atoms with Gasteiger partial charge < -0.3 is 14.7 Å². The van der Waals surface area contributed by atoms with E-state index >= 15 is 0 Å². The van der Waals surface area contributed by atoms with E-state index in [0.717, 1.165) is 50.4 Å². The average Bonchev–Trinajstić information content (AvgIpc) is 3.27. The van der Waals surface area contributed by atoms with Crippen molar-refractivity contribution in [1.82, 2.24) is 4.90 Å². The summed E-state index contributed by atoms with van der Waals surface area (Å²) in [7, 11) is 1.61. The lowest BCUT2D eigenvalue weighted by molar-refractivity contribution is -0.145. The lowest BCUT2D eigenvalue weighted by Gasteiger charge is -2.35. The maximum absolute atomic E-state index is 13.1. The summed E-state index contributed by atoms with van der Waals surface area (Å²) in [4.78, 5) is 19.4. The maximum atomic E-state index is 13.1. The van der Waals surface area contributed by atoms with Crippen molar-refractivity contribution in [1.29, 1.82) is 0 Å². The highest BCUT2D eigenvalue weighted by atomic mass is 16.5. The van der Waals surface area contributed by atoms with E-state index in [4.69, 9.17) is 4.74 Å². The number of methoxy groups -OCH3 is 1. The largest absolute Gasteiger partial charge is 0.497 e. The standard InChI is InChI=1S/C19H26N2O3/c1-14-20-11-12-21(14)13-18(22)19(23,15-5-3-4-6-15)16-7-9-17(24-2)10-8-16/h7-10,15,23H,3-6,11-13H2,1-2H3. The first-order valence-corrected chi connectivity index (χ1v) is 8.72. The van der Waals surface area contributed by atoms with Crippen LogP contribution < -0.4 is 4.74 Å². The van der Waals surface area contributed by atoms with E-state index in [9.17, 15) is 9.90 Å². The molecule has 0 spiro atoms. The summed E-state index contributed by atoms with van der Waals surface area (Å²) in [6, 6.07) is 7.26. The Morgan fingerprint density at radius 3 is 2.54 bits per heavy atom. The Balaban J connectivity index is 1.89. The summed E-state index contributed by atoms with van der Waals surface area (Å²) in [5, 5.41) is 11.5. The van der Waals surface area contributed by atoms with E-state index in [0.29, 0.717) is 5.56 Å². The summed E-state index contributed by atoms with van der Waals surface area (Å²) in [5.41, 5.74) is -0.750. The van der Waals surface area contributed by atoms with E-state index in [1.165, 1.54) is 0 Å². The van der Waals surface area contributed by atoms with Gasteiger partial charge in [0.1, 0.15) is 5.75 Å². The summed E-state index contributed by atoms with van der Waals surface area (Å²) in [6.45, 7) is 3.61. The molecule has 24 heavy (non-hydrogen) atoms. The van der Waals surface area contributed by atoms with Gasteiger partial charge >= 0.3 is 0 Å². The Morgan fingerprint density at radius 2 is 2.00 bits per heavy atom. The van der Waals surface area contributed by atoms with Crippen LogP contribution in [0.25, 0.3) is 0 Å². The van der Waals surface area contributed by atoms with Crippen molar-refractivity contribution in [2.45, 2.75) is 38.2 Å². The molecule has 3 rings (SSSR count). The molecule has 1 aliphatic heterocycles. The number of ether oxygens (including phenoxy) is 1. The van der Waals surface area contributed by atoms with Crippen molar-refractivity contribution < 1.29 is 14.6 Å².